The normalized spacial score (nSPS) is 11.7. The van der Waals surface area contributed by atoms with Gasteiger partial charge in [0.15, 0.2) is 6.10 Å². The molecule has 3 aromatic rings. The first kappa shape index (κ1) is 22.0. The molecule has 0 unspecified atom stereocenters. The SMILES string of the molecule is COCc1ccc(C(=O)O[C@H](C)C(=O)Nc2c(C)n(C)n(-c3ccccc3)c2=O)cc1. The second kappa shape index (κ2) is 9.44. The molecule has 3 rings (SSSR count). The van der Waals surface area contributed by atoms with Crippen molar-refractivity contribution in [1.29, 1.82) is 0 Å². The van der Waals surface area contributed by atoms with Gasteiger partial charge < -0.3 is 14.8 Å². The first-order valence-corrected chi connectivity index (χ1v) is 9.77. The van der Waals surface area contributed by atoms with E-state index in [-0.39, 0.29) is 11.2 Å². The number of hydrogen-bond acceptors (Lipinski definition) is 5. The molecule has 0 aliphatic heterocycles. The van der Waals surface area contributed by atoms with Crippen LogP contribution in [0, 0.1) is 6.92 Å². The lowest BCUT2D eigenvalue weighted by Gasteiger charge is -2.13. The van der Waals surface area contributed by atoms with Crippen molar-refractivity contribution in [2.24, 2.45) is 7.05 Å². The number of esters is 1. The number of anilines is 1. The third-order valence-electron chi connectivity index (χ3n) is 4.96. The van der Waals surface area contributed by atoms with E-state index in [1.165, 1.54) is 11.6 Å². The van der Waals surface area contributed by atoms with Crippen LogP contribution in [0.3, 0.4) is 0 Å². The molecule has 0 bridgehead atoms. The Balaban J connectivity index is 1.73. The first-order chi connectivity index (χ1) is 14.8. The van der Waals surface area contributed by atoms with Crippen LogP contribution in [0.5, 0.6) is 0 Å². The predicted molar refractivity (Wildman–Crippen MR) is 116 cm³/mol. The summed E-state index contributed by atoms with van der Waals surface area (Å²) in [6, 6.07) is 15.8. The summed E-state index contributed by atoms with van der Waals surface area (Å²) in [4.78, 5) is 37.9. The van der Waals surface area contributed by atoms with Gasteiger partial charge in [0, 0.05) is 14.2 Å². The van der Waals surface area contributed by atoms with E-state index in [9.17, 15) is 14.4 Å². The first-order valence-electron chi connectivity index (χ1n) is 9.77. The molecule has 8 heteroatoms. The zero-order chi connectivity index (χ0) is 22.5. The number of nitrogens with one attached hydrogen (secondary N) is 1. The molecular formula is C23H25N3O5. The van der Waals surface area contributed by atoms with Gasteiger partial charge in [-0.3, -0.25) is 14.3 Å². The van der Waals surface area contributed by atoms with Crippen molar-refractivity contribution in [3.05, 3.63) is 81.8 Å². The number of aromatic nitrogens is 2. The number of carbonyl (C=O) groups is 2. The van der Waals surface area contributed by atoms with Crippen LogP contribution in [0.25, 0.3) is 5.69 Å². The van der Waals surface area contributed by atoms with Gasteiger partial charge in [0.05, 0.1) is 23.6 Å². The van der Waals surface area contributed by atoms with E-state index in [1.54, 1.807) is 62.2 Å². The molecule has 162 valence electrons. The maximum atomic E-state index is 12.9. The number of hydrogen-bond donors (Lipinski definition) is 1. The van der Waals surface area contributed by atoms with Crippen LogP contribution in [-0.4, -0.2) is 34.5 Å². The van der Waals surface area contributed by atoms with Gasteiger partial charge in [-0.15, -0.1) is 0 Å². The highest BCUT2D eigenvalue weighted by atomic mass is 16.5. The highest BCUT2D eigenvalue weighted by Gasteiger charge is 2.23. The largest absolute Gasteiger partial charge is 0.449 e. The smallest absolute Gasteiger partial charge is 0.338 e. The number of amides is 1. The zero-order valence-corrected chi connectivity index (χ0v) is 17.9. The van der Waals surface area contributed by atoms with Crippen LogP contribution in [0.4, 0.5) is 5.69 Å². The van der Waals surface area contributed by atoms with E-state index in [0.717, 1.165) is 5.56 Å². The third kappa shape index (κ3) is 4.75. The lowest BCUT2D eigenvalue weighted by atomic mass is 10.1. The van der Waals surface area contributed by atoms with Crippen molar-refractivity contribution in [3.63, 3.8) is 0 Å². The molecule has 0 fully saturated rings. The van der Waals surface area contributed by atoms with Crippen molar-refractivity contribution in [1.82, 2.24) is 9.36 Å². The van der Waals surface area contributed by atoms with Crippen LogP contribution in [0.15, 0.2) is 59.4 Å². The number of carbonyl (C=O) groups excluding carboxylic acids is 2. The Kier molecular flexibility index (Phi) is 6.71. The van der Waals surface area contributed by atoms with Gasteiger partial charge in [-0.25, -0.2) is 9.48 Å². The number of benzene rings is 2. The second-order valence-corrected chi connectivity index (χ2v) is 7.10. The molecule has 1 aromatic heterocycles. The van der Waals surface area contributed by atoms with Gasteiger partial charge in [0.1, 0.15) is 5.69 Å². The lowest BCUT2D eigenvalue weighted by molar-refractivity contribution is -0.123. The summed E-state index contributed by atoms with van der Waals surface area (Å²) < 4.78 is 13.4. The highest BCUT2D eigenvalue weighted by Crippen LogP contribution is 2.15. The quantitative estimate of drug-likeness (QED) is 0.590. The molecule has 0 spiro atoms. The van der Waals surface area contributed by atoms with Gasteiger partial charge >= 0.3 is 5.97 Å². The average molecular weight is 423 g/mol. The number of methoxy groups -OCH3 is 1. The van der Waals surface area contributed by atoms with E-state index >= 15 is 0 Å². The standard InChI is InChI=1S/C23H25N3O5/c1-15-20(22(28)26(25(15)3)19-8-6-5-7-9-19)24-21(27)16(2)31-23(29)18-12-10-17(11-13-18)14-30-4/h5-13,16H,14H2,1-4H3,(H,24,27)/t16-/m1/s1. The van der Waals surface area contributed by atoms with E-state index in [0.29, 0.717) is 23.6 Å². The summed E-state index contributed by atoms with van der Waals surface area (Å²) in [7, 11) is 3.32. The van der Waals surface area contributed by atoms with Crippen molar-refractivity contribution >= 4 is 17.6 Å². The van der Waals surface area contributed by atoms with Crippen molar-refractivity contribution < 1.29 is 19.1 Å². The van der Waals surface area contributed by atoms with Gasteiger partial charge in [-0.05, 0) is 43.7 Å². The molecule has 2 aromatic carbocycles. The minimum absolute atomic E-state index is 0.142. The predicted octanol–water partition coefficient (Wildman–Crippen LogP) is 2.81. The van der Waals surface area contributed by atoms with E-state index in [1.807, 2.05) is 18.2 Å². The number of ether oxygens (including phenoxy) is 2. The Hall–Kier alpha value is -3.65. The minimum Gasteiger partial charge on any atom is -0.449 e. The topological polar surface area (TPSA) is 91.6 Å². The summed E-state index contributed by atoms with van der Waals surface area (Å²) in [6.07, 6.45) is -1.09. The Morgan fingerprint density at radius 1 is 1.06 bits per heavy atom. The molecule has 1 N–H and O–H groups in total. The highest BCUT2D eigenvalue weighted by molar-refractivity contribution is 5.97. The Bertz CT molecular complexity index is 1130. The molecule has 1 amide bonds. The van der Waals surface area contributed by atoms with Crippen molar-refractivity contribution in [2.45, 2.75) is 26.6 Å². The summed E-state index contributed by atoms with van der Waals surface area (Å²) in [6.45, 7) is 3.63. The molecule has 1 heterocycles. The average Bonchev–Trinajstić information content (AvgIpc) is 2.98. The molecule has 0 radical (unpaired) electrons. The summed E-state index contributed by atoms with van der Waals surface area (Å²) in [5.74, 6) is -1.21. The maximum Gasteiger partial charge on any atom is 0.338 e. The maximum absolute atomic E-state index is 12.9. The summed E-state index contributed by atoms with van der Waals surface area (Å²) in [5, 5.41) is 2.61. The Morgan fingerprint density at radius 2 is 1.71 bits per heavy atom. The molecule has 0 aliphatic carbocycles. The fourth-order valence-corrected chi connectivity index (χ4v) is 3.12. The Morgan fingerprint density at radius 3 is 2.32 bits per heavy atom. The van der Waals surface area contributed by atoms with Crippen molar-refractivity contribution in [2.75, 3.05) is 12.4 Å². The summed E-state index contributed by atoms with van der Waals surface area (Å²) in [5.41, 5.74) is 2.26. The molecule has 1 atom stereocenters. The monoisotopic (exact) mass is 423 g/mol. The number of para-hydroxylation sites is 1. The van der Waals surface area contributed by atoms with Gasteiger partial charge in [-0.2, -0.15) is 0 Å². The molecule has 0 saturated heterocycles. The zero-order valence-electron chi connectivity index (χ0n) is 17.9. The molecular weight excluding hydrogens is 398 g/mol. The van der Waals surface area contributed by atoms with Crippen LogP contribution in [0.1, 0.15) is 28.5 Å². The third-order valence-corrected chi connectivity index (χ3v) is 4.96. The van der Waals surface area contributed by atoms with Crippen LogP contribution < -0.4 is 10.9 Å². The van der Waals surface area contributed by atoms with Crippen LogP contribution in [0.2, 0.25) is 0 Å². The molecule has 0 aliphatic rings. The second-order valence-electron chi connectivity index (χ2n) is 7.10. The van der Waals surface area contributed by atoms with Crippen LogP contribution in [-0.2, 0) is 27.9 Å². The fourth-order valence-electron chi connectivity index (χ4n) is 3.12. The minimum atomic E-state index is -1.09. The number of nitrogens with zero attached hydrogens (tertiary/aromatic N) is 2. The van der Waals surface area contributed by atoms with E-state index in [2.05, 4.69) is 5.32 Å². The van der Waals surface area contributed by atoms with E-state index in [4.69, 9.17) is 9.47 Å². The lowest BCUT2D eigenvalue weighted by Crippen LogP contribution is -2.32. The summed E-state index contributed by atoms with van der Waals surface area (Å²) >= 11 is 0. The fraction of sp³-hybridized carbons (Fsp3) is 0.261. The van der Waals surface area contributed by atoms with E-state index < -0.39 is 18.0 Å². The van der Waals surface area contributed by atoms with Crippen LogP contribution >= 0.6 is 0 Å². The van der Waals surface area contributed by atoms with Gasteiger partial charge in [-0.1, -0.05) is 30.3 Å². The molecule has 8 nitrogen and oxygen atoms in total. The molecule has 0 saturated carbocycles. The van der Waals surface area contributed by atoms with Crippen molar-refractivity contribution in [3.8, 4) is 5.69 Å². The van der Waals surface area contributed by atoms with Gasteiger partial charge in [0.2, 0.25) is 0 Å². The molecule has 31 heavy (non-hydrogen) atoms. The number of rotatable bonds is 7. The Labute approximate surface area is 180 Å². The van der Waals surface area contributed by atoms with Gasteiger partial charge in [0.25, 0.3) is 11.5 Å².